The largest absolute Gasteiger partial charge is 0.462 e. The summed E-state index contributed by atoms with van der Waals surface area (Å²) < 4.78 is 13.0. The minimum absolute atomic E-state index is 0.00284. The van der Waals surface area contributed by atoms with E-state index in [4.69, 9.17) is 14.6 Å². The van der Waals surface area contributed by atoms with Crippen LogP contribution in [0.25, 0.3) is 0 Å². The van der Waals surface area contributed by atoms with Gasteiger partial charge in [0, 0.05) is 44.7 Å². The lowest BCUT2D eigenvalue weighted by Crippen LogP contribution is -2.40. The summed E-state index contributed by atoms with van der Waals surface area (Å²) in [4.78, 5) is 37.6. The zero-order chi connectivity index (χ0) is 25.7. The normalized spacial score (nSPS) is 16.9. The van der Waals surface area contributed by atoms with E-state index in [2.05, 4.69) is 5.32 Å². The Balaban J connectivity index is 1.37. The number of fused-ring (bicyclic) bond motifs is 1. The molecule has 1 aromatic heterocycles. The van der Waals surface area contributed by atoms with Gasteiger partial charge in [0.15, 0.2) is 5.78 Å². The van der Waals surface area contributed by atoms with E-state index in [-0.39, 0.29) is 29.6 Å². The monoisotopic (exact) mass is 495 g/mol. The number of ether oxygens (including phenoxy) is 2. The SMILES string of the molecule is CCc1nn(CCCOC(=O)c2ccc(C(=O)CC(C)C)cc2)c2c1C(=O)NCC1(CCOCC1)C2. The van der Waals surface area contributed by atoms with Gasteiger partial charge in [0.05, 0.1) is 29.1 Å². The molecule has 8 nitrogen and oxygen atoms in total. The zero-order valence-electron chi connectivity index (χ0n) is 21.6. The molecule has 0 unspecified atom stereocenters. The second kappa shape index (κ2) is 11.4. The number of nitrogens with one attached hydrogen (secondary N) is 1. The highest BCUT2D eigenvalue weighted by atomic mass is 16.5. The molecule has 3 heterocycles. The Labute approximate surface area is 212 Å². The fraction of sp³-hybridized carbons (Fsp3) is 0.571. The Morgan fingerprint density at radius 3 is 2.53 bits per heavy atom. The fourth-order valence-electron chi connectivity index (χ4n) is 5.10. The minimum Gasteiger partial charge on any atom is -0.462 e. The Bertz CT molecular complexity index is 1100. The molecule has 8 heteroatoms. The second-order valence-corrected chi connectivity index (χ2v) is 10.4. The second-order valence-electron chi connectivity index (χ2n) is 10.4. The van der Waals surface area contributed by atoms with E-state index in [9.17, 15) is 14.4 Å². The summed E-state index contributed by atoms with van der Waals surface area (Å²) >= 11 is 0. The predicted octanol–water partition coefficient (Wildman–Crippen LogP) is 4.00. The number of ketones is 1. The molecule has 2 aliphatic rings. The third-order valence-corrected chi connectivity index (χ3v) is 7.20. The average Bonchev–Trinajstić information content (AvgIpc) is 3.15. The molecule has 1 N–H and O–H groups in total. The van der Waals surface area contributed by atoms with Crippen molar-refractivity contribution in [1.82, 2.24) is 15.1 Å². The molecule has 1 aromatic carbocycles. The van der Waals surface area contributed by atoms with Crippen molar-refractivity contribution < 1.29 is 23.9 Å². The van der Waals surface area contributed by atoms with Crippen molar-refractivity contribution in [3.63, 3.8) is 0 Å². The van der Waals surface area contributed by atoms with Crippen LogP contribution in [-0.4, -0.2) is 53.8 Å². The van der Waals surface area contributed by atoms with Crippen LogP contribution in [0.2, 0.25) is 0 Å². The first-order chi connectivity index (χ1) is 17.3. The summed E-state index contributed by atoms with van der Waals surface area (Å²) in [5, 5.41) is 7.89. The number of hydrogen-bond donors (Lipinski definition) is 1. The van der Waals surface area contributed by atoms with Crippen LogP contribution in [0.3, 0.4) is 0 Å². The standard InChI is InChI=1S/C28H37N3O5/c1-4-22-25-23(17-28(18-29-26(25)33)10-14-35-15-11-28)31(30-22)12-5-13-36-27(34)21-8-6-20(7-9-21)24(32)16-19(2)3/h6-9,19H,4-5,10-18H2,1-3H3,(H,29,33). The van der Waals surface area contributed by atoms with E-state index in [1.165, 1.54) is 0 Å². The number of benzene rings is 1. The van der Waals surface area contributed by atoms with E-state index >= 15 is 0 Å². The Hall–Kier alpha value is -3.00. The van der Waals surface area contributed by atoms with Gasteiger partial charge in [0.25, 0.3) is 5.91 Å². The Morgan fingerprint density at radius 2 is 1.86 bits per heavy atom. The number of nitrogens with zero attached hydrogens (tertiary/aromatic N) is 2. The van der Waals surface area contributed by atoms with Crippen LogP contribution in [-0.2, 0) is 28.9 Å². The first-order valence-corrected chi connectivity index (χ1v) is 13.1. The van der Waals surface area contributed by atoms with E-state index < -0.39 is 5.97 Å². The summed E-state index contributed by atoms with van der Waals surface area (Å²) in [7, 11) is 0. The van der Waals surface area contributed by atoms with Crippen molar-refractivity contribution in [2.75, 3.05) is 26.4 Å². The van der Waals surface area contributed by atoms with Crippen LogP contribution in [0.4, 0.5) is 0 Å². The van der Waals surface area contributed by atoms with Gasteiger partial charge in [-0.25, -0.2) is 4.79 Å². The molecule has 4 rings (SSSR count). The van der Waals surface area contributed by atoms with Gasteiger partial charge in [-0.2, -0.15) is 5.10 Å². The number of Topliss-reactive ketones (excluding diaryl/α,β-unsaturated/α-hetero) is 1. The van der Waals surface area contributed by atoms with Gasteiger partial charge in [-0.15, -0.1) is 0 Å². The van der Waals surface area contributed by atoms with Crippen molar-refractivity contribution in [2.24, 2.45) is 11.3 Å². The highest BCUT2D eigenvalue weighted by Crippen LogP contribution is 2.37. The molecule has 1 amide bonds. The van der Waals surface area contributed by atoms with E-state index in [0.717, 1.165) is 30.7 Å². The first-order valence-electron chi connectivity index (χ1n) is 13.1. The number of aromatic nitrogens is 2. The molecule has 0 saturated carbocycles. The maximum atomic E-state index is 12.9. The van der Waals surface area contributed by atoms with E-state index in [0.29, 0.717) is 62.3 Å². The lowest BCUT2D eigenvalue weighted by atomic mass is 9.76. The highest BCUT2D eigenvalue weighted by molar-refractivity contribution is 5.98. The number of hydrogen-bond acceptors (Lipinski definition) is 6. The van der Waals surface area contributed by atoms with Gasteiger partial charge in [0.2, 0.25) is 0 Å². The molecule has 0 bridgehead atoms. The third kappa shape index (κ3) is 5.86. The lowest BCUT2D eigenvalue weighted by molar-refractivity contribution is 0.0152. The van der Waals surface area contributed by atoms with Crippen molar-refractivity contribution in [2.45, 2.75) is 65.8 Å². The Morgan fingerprint density at radius 1 is 1.17 bits per heavy atom. The molecule has 0 radical (unpaired) electrons. The molecular weight excluding hydrogens is 458 g/mol. The number of carbonyl (C=O) groups is 3. The van der Waals surface area contributed by atoms with Gasteiger partial charge in [-0.1, -0.05) is 32.9 Å². The summed E-state index contributed by atoms with van der Waals surface area (Å²) in [5.74, 6) is -0.0898. The van der Waals surface area contributed by atoms with E-state index in [1.54, 1.807) is 24.3 Å². The molecule has 1 saturated heterocycles. The molecule has 2 aromatic rings. The van der Waals surface area contributed by atoms with Gasteiger partial charge in [-0.3, -0.25) is 14.3 Å². The summed E-state index contributed by atoms with van der Waals surface area (Å²) in [6.07, 6.45) is 4.38. The zero-order valence-corrected chi connectivity index (χ0v) is 21.6. The fourth-order valence-corrected chi connectivity index (χ4v) is 5.10. The number of rotatable bonds is 9. The summed E-state index contributed by atoms with van der Waals surface area (Å²) in [6.45, 7) is 8.92. The van der Waals surface area contributed by atoms with Crippen molar-refractivity contribution in [3.8, 4) is 0 Å². The minimum atomic E-state index is -0.410. The number of carbonyl (C=O) groups excluding carboxylic acids is 3. The van der Waals surface area contributed by atoms with Crippen molar-refractivity contribution in [1.29, 1.82) is 0 Å². The molecular formula is C28H37N3O5. The predicted molar refractivity (Wildman–Crippen MR) is 135 cm³/mol. The summed E-state index contributed by atoms with van der Waals surface area (Å²) in [6, 6.07) is 6.65. The van der Waals surface area contributed by atoms with E-state index in [1.807, 2.05) is 25.5 Å². The molecule has 2 aliphatic heterocycles. The van der Waals surface area contributed by atoms with Crippen LogP contribution >= 0.6 is 0 Å². The number of amides is 1. The smallest absolute Gasteiger partial charge is 0.338 e. The molecule has 0 aliphatic carbocycles. The maximum Gasteiger partial charge on any atom is 0.338 e. The summed E-state index contributed by atoms with van der Waals surface area (Å²) in [5.41, 5.74) is 3.54. The highest BCUT2D eigenvalue weighted by Gasteiger charge is 2.39. The van der Waals surface area contributed by atoms with Crippen molar-refractivity contribution in [3.05, 3.63) is 52.3 Å². The van der Waals surface area contributed by atoms with Crippen LogP contribution in [0.1, 0.15) is 88.9 Å². The molecule has 1 fully saturated rings. The first kappa shape index (κ1) is 26.1. The molecule has 0 atom stereocenters. The topological polar surface area (TPSA) is 99.5 Å². The van der Waals surface area contributed by atoms with Crippen LogP contribution < -0.4 is 5.32 Å². The van der Waals surface area contributed by atoms with Gasteiger partial charge in [-0.05, 0) is 49.1 Å². The quantitative estimate of drug-likeness (QED) is 0.321. The maximum absolute atomic E-state index is 12.9. The molecule has 1 spiro atoms. The lowest BCUT2D eigenvalue weighted by Gasteiger charge is -2.36. The van der Waals surface area contributed by atoms with Gasteiger partial charge >= 0.3 is 5.97 Å². The van der Waals surface area contributed by atoms with Crippen LogP contribution in [0, 0.1) is 11.3 Å². The molecule has 194 valence electrons. The van der Waals surface area contributed by atoms with Gasteiger partial charge < -0.3 is 14.8 Å². The molecule has 36 heavy (non-hydrogen) atoms. The van der Waals surface area contributed by atoms with Gasteiger partial charge in [0.1, 0.15) is 0 Å². The van der Waals surface area contributed by atoms with Crippen LogP contribution in [0.5, 0.6) is 0 Å². The van der Waals surface area contributed by atoms with Crippen molar-refractivity contribution >= 4 is 17.7 Å². The Kier molecular flexibility index (Phi) is 8.24. The number of esters is 1. The van der Waals surface area contributed by atoms with Crippen LogP contribution in [0.15, 0.2) is 24.3 Å². The number of aryl methyl sites for hydroxylation is 2. The average molecular weight is 496 g/mol. The third-order valence-electron chi connectivity index (χ3n) is 7.20.